The zero-order chi connectivity index (χ0) is 13.9. The fourth-order valence-electron chi connectivity index (χ4n) is 2.60. The Morgan fingerprint density at radius 3 is 3.20 bits per heavy atom. The highest BCUT2D eigenvalue weighted by Gasteiger charge is 2.19. The van der Waals surface area contributed by atoms with E-state index in [-0.39, 0.29) is 5.97 Å². The Labute approximate surface area is 121 Å². The number of thioether (sulfide) groups is 1. The maximum Gasteiger partial charge on any atom is 0.341 e. The molecule has 1 aliphatic rings. The van der Waals surface area contributed by atoms with Gasteiger partial charge < -0.3 is 4.74 Å². The van der Waals surface area contributed by atoms with Crippen molar-refractivity contribution in [3.8, 4) is 0 Å². The Morgan fingerprint density at radius 2 is 2.45 bits per heavy atom. The van der Waals surface area contributed by atoms with E-state index >= 15 is 0 Å². The largest absolute Gasteiger partial charge is 0.465 e. The van der Waals surface area contributed by atoms with Crippen molar-refractivity contribution in [1.29, 1.82) is 0 Å². The lowest BCUT2D eigenvalue weighted by Crippen LogP contribution is -2.15. The molecule has 5 nitrogen and oxygen atoms in total. The number of nitrogens with zero attached hydrogens (tertiary/aromatic N) is 3. The summed E-state index contributed by atoms with van der Waals surface area (Å²) >= 11 is 2.01. The predicted octanol–water partition coefficient (Wildman–Crippen LogP) is 2.20. The van der Waals surface area contributed by atoms with Crippen LogP contribution in [0.1, 0.15) is 29.0 Å². The van der Waals surface area contributed by atoms with E-state index < -0.39 is 0 Å². The number of ether oxygens (including phenoxy) is 1. The van der Waals surface area contributed by atoms with Crippen LogP contribution in [0.2, 0.25) is 0 Å². The summed E-state index contributed by atoms with van der Waals surface area (Å²) in [5.41, 5.74) is 1.05. The normalized spacial score (nSPS) is 19.1. The molecular weight excluding hydrogens is 274 g/mol. The highest BCUT2D eigenvalue weighted by Crippen LogP contribution is 2.25. The molecule has 1 fully saturated rings. The fraction of sp³-hybridized carbons (Fsp3) is 0.500. The molecule has 3 rings (SSSR count). The second kappa shape index (κ2) is 5.83. The lowest BCUT2D eigenvalue weighted by molar-refractivity contribution is 0.0602. The van der Waals surface area contributed by atoms with Crippen LogP contribution in [0.25, 0.3) is 5.65 Å². The van der Waals surface area contributed by atoms with Crippen molar-refractivity contribution in [2.75, 3.05) is 18.6 Å². The van der Waals surface area contributed by atoms with Gasteiger partial charge in [0.05, 0.1) is 7.11 Å². The lowest BCUT2D eigenvalue weighted by atomic mass is 10.0. The first-order chi connectivity index (χ1) is 9.79. The molecule has 3 heterocycles. The maximum absolute atomic E-state index is 11.7. The highest BCUT2D eigenvalue weighted by molar-refractivity contribution is 7.99. The molecule has 0 N–H and O–H groups in total. The molecule has 1 atom stereocenters. The van der Waals surface area contributed by atoms with Gasteiger partial charge in [0, 0.05) is 12.6 Å². The number of methoxy groups -OCH3 is 1. The van der Waals surface area contributed by atoms with E-state index in [1.165, 1.54) is 31.5 Å². The van der Waals surface area contributed by atoms with Crippen LogP contribution in [0.4, 0.5) is 0 Å². The van der Waals surface area contributed by atoms with Crippen LogP contribution in [0, 0.1) is 5.92 Å². The summed E-state index contributed by atoms with van der Waals surface area (Å²) in [6, 6.07) is 3.55. The van der Waals surface area contributed by atoms with Gasteiger partial charge in [0.15, 0.2) is 5.65 Å². The monoisotopic (exact) mass is 291 g/mol. The molecule has 20 heavy (non-hydrogen) atoms. The number of hydrogen-bond acceptors (Lipinski definition) is 5. The van der Waals surface area contributed by atoms with Gasteiger partial charge in [-0.05, 0) is 42.4 Å². The van der Waals surface area contributed by atoms with Gasteiger partial charge in [0.2, 0.25) is 0 Å². The zero-order valence-corrected chi connectivity index (χ0v) is 12.2. The summed E-state index contributed by atoms with van der Waals surface area (Å²) in [5, 5.41) is 8.42. The summed E-state index contributed by atoms with van der Waals surface area (Å²) in [7, 11) is 1.38. The first-order valence-electron chi connectivity index (χ1n) is 6.78. The summed E-state index contributed by atoms with van der Waals surface area (Å²) in [6.07, 6.45) is 5.35. The van der Waals surface area contributed by atoms with E-state index in [1.54, 1.807) is 6.07 Å². The molecule has 0 amide bonds. The van der Waals surface area contributed by atoms with Crippen molar-refractivity contribution < 1.29 is 9.53 Å². The third-order valence-corrected chi connectivity index (χ3v) is 4.92. The average molecular weight is 291 g/mol. The Kier molecular flexibility index (Phi) is 3.91. The zero-order valence-electron chi connectivity index (χ0n) is 11.4. The molecule has 6 heteroatoms. The minimum absolute atomic E-state index is 0.372. The van der Waals surface area contributed by atoms with Crippen molar-refractivity contribution >= 4 is 23.4 Å². The van der Waals surface area contributed by atoms with E-state index in [0.29, 0.717) is 17.1 Å². The van der Waals surface area contributed by atoms with E-state index in [9.17, 15) is 4.79 Å². The highest BCUT2D eigenvalue weighted by atomic mass is 32.2. The van der Waals surface area contributed by atoms with E-state index in [2.05, 4.69) is 10.2 Å². The van der Waals surface area contributed by atoms with Gasteiger partial charge in [-0.2, -0.15) is 11.8 Å². The van der Waals surface area contributed by atoms with Gasteiger partial charge in [0.1, 0.15) is 11.4 Å². The Morgan fingerprint density at radius 1 is 1.55 bits per heavy atom. The van der Waals surface area contributed by atoms with E-state index in [0.717, 1.165) is 12.2 Å². The molecule has 2 aromatic heterocycles. The standard InChI is InChI=1S/C14H17N3O2S/c1-19-14(18)11-5-2-6-17-12(15-16-13(11)17)8-10-4-3-7-20-9-10/h2,5-6,10H,3-4,7-9H2,1H3. The molecule has 0 aliphatic carbocycles. The summed E-state index contributed by atoms with van der Waals surface area (Å²) < 4.78 is 6.69. The topological polar surface area (TPSA) is 56.5 Å². The molecule has 0 bridgehead atoms. The van der Waals surface area contributed by atoms with Crippen molar-refractivity contribution in [3.63, 3.8) is 0 Å². The molecule has 0 aromatic carbocycles. The fourth-order valence-corrected chi connectivity index (χ4v) is 3.75. The van der Waals surface area contributed by atoms with Crippen LogP contribution in [-0.4, -0.2) is 39.2 Å². The quantitative estimate of drug-likeness (QED) is 0.811. The lowest BCUT2D eigenvalue weighted by Gasteiger charge is -2.20. The van der Waals surface area contributed by atoms with Gasteiger partial charge in [-0.3, -0.25) is 4.40 Å². The van der Waals surface area contributed by atoms with Crippen LogP contribution in [0.15, 0.2) is 18.3 Å². The van der Waals surface area contributed by atoms with Crippen molar-refractivity contribution in [2.24, 2.45) is 5.92 Å². The van der Waals surface area contributed by atoms with Crippen molar-refractivity contribution in [2.45, 2.75) is 19.3 Å². The summed E-state index contributed by atoms with van der Waals surface area (Å²) in [4.78, 5) is 11.7. The SMILES string of the molecule is COC(=O)c1cccn2c(CC3CCCSC3)nnc12. The van der Waals surface area contributed by atoms with Gasteiger partial charge in [-0.25, -0.2) is 4.79 Å². The number of rotatable bonds is 3. The minimum atomic E-state index is -0.372. The number of hydrogen-bond donors (Lipinski definition) is 0. The van der Waals surface area contributed by atoms with E-state index in [1.807, 2.05) is 28.4 Å². The van der Waals surface area contributed by atoms with Crippen molar-refractivity contribution in [1.82, 2.24) is 14.6 Å². The molecule has 0 saturated carbocycles. The Hall–Kier alpha value is -1.56. The first kappa shape index (κ1) is 13.4. The summed E-state index contributed by atoms with van der Waals surface area (Å²) in [6.45, 7) is 0. The Balaban J connectivity index is 1.91. The molecule has 2 aromatic rings. The molecule has 0 spiro atoms. The number of esters is 1. The van der Waals surface area contributed by atoms with Crippen LogP contribution >= 0.6 is 11.8 Å². The molecule has 106 valence electrons. The first-order valence-corrected chi connectivity index (χ1v) is 7.93. The molecule has 1 aliphatic heterocycles. The number of carbonyl (C=O) groups is 1. The van der Waals surface area contributed by atoms with Crippen LogP contribution in [-0.2, 0) is 11.2 Å². The molecule has 1 unspecified atom stereocenters. The summed E-state index contributed by atoms with van der Waals surface area (Å²) in [5.74, 6) is 3.67. The number of aromatic nitrogens is 3. The average Bonchev–Trinajstić information content (AvgIpc) is 2.91. The van der Waals surface area contributed by atoms with Gasteiger partial charge in [-0.15, -0.1) is 10.2 Å². The van der Waals surface area contributed by atoms with Crippen LogP contribution in [0.5, 0.6) is 0 Å². The maximum atomic E-state index is 11.7. The van der Waals surface area contributed by atoms with Gasteiger partial charge >= 0.3 is 5.97 Å². The van der Waals surface area contributed by atoms with Gasteiger partial charge in [0.25, 0.3) is 0 Å². The third kappa shape index (κ3) is 2.52. The number of carbonyl (C=O) groups excluding carboxylic acids is 1. The molecule has 0 radical (unpaired) electrons. The minimum Gasteiger partial charge on any atom is -0.465 e. The van der Waals surface area contributed by atoms with Crippen LogP contribution in [0.3, 0.4) is 0 Å². The van der Waals surface area contributed by atoms with Gasteiger partial charge in [-0.1, -0.05) is 0 Å². The van der Waals surface area contributed by atoms with E-state index in [4.69, 9.17) is 4.74 Å². The second-order valence-electron chi connectivity index (χ2n) is 5.01. The van der Waals surface area contributed by atoms with Crippen molar-refractivity contribution in [3.05, 3.63) is 29.7 Å². The Bertz CT molecular complexity index is 620. The smallest absolute Gasteiger partial charge is 0.341 e. The molecular formula is C14H17N3O2S. The predicted molar refractivity (Wildman–Crippen MR) is 78.1 cm³/mol. The second-order valence-corrected chi connectivity index (χ2v) is 6.16. The number of fused-ring (bicyclic) bond motifs is 1. The van der Waals surface area contributed by atoms with Crippen LogP contribution < -0.4 is 0 Å². The molecule has 1 saturated heterocycles. The third-order valence-electron chi connectivity index (χ3n) is 3.64. The number of pyridine rings is 1.